The molecular formula is C21H22N2O3. The molecule has 3 rings (SSSR count). The largest absolute Gasteiger partial charge is 0.503 e. The summed E-state index contributed by atoms with van der Waals surface area (Å²) in [5.41, 5.74) is 3.68. The molecule has 2 aromatic rings. The average molecular weight is 350 g/mol. The molecule has 0 spiro atoms. The van der Waals surface area contributed by atoms with Crippen LogP contribution in [0.25, 0.3) is 0 Å². The third-order valence-corrected chi connectivity index (χ3v) is 4.79. The van der Waals surface area contributed by atoms with Crippen LogP contribution in [0.5, 0.6) is 0 Å². The van der Waals surface area contributed by atoms with Crippen LogP contribution in [0, 0.1) is 19.8 Å². The fraction of sp³-hybridized carbons (Fsp3) is 0.286. The maximum Gasteiger partial charge on any atom is 0.294 e. The van der Waals surface area contributed by atoms with E-state index in [0.29, 0.717) is 5.69 Å². The number of rotatable bonds is 4. The summed E-state index contributed by atoms with van der Waals surface area (Å²) >= 11 is 0. The minimum absolute atomic E-state index is 0.148. The first kappa shape index (κ1) is 17.9. The van der Waals surface area contributed by atoms with Crippen LogP contribution in [0.2, 0.25) is 0 Å². The van der Waals surface area contributed by atoms with Crippen LogP contribution >= 0.6 is 0 Å². The van der Waals surface area contributed by atoms with E-state index in [0.717, 1.165) is 16.7 Å². The lowest BCUT2D eigenvalue weighted by atomic mass is 9.91. The first-order chi connectivity index (χ1) is 12.3. The van der Waals surface area contributed by atoms with Gasteiger partial charge in [0, 0.05) is 24.0 Å². The summed E-state index contributed by atoms with van der Waals surface area (Å²) in [5.74, 6) is -1.59. The molecule has 0 saturated carbocycles. The van der Waals surface area contributed by atoms with E-state index in [1.807, 2.05) is 32.0 Å². The van der Waals surface area contributed by atoms with Gasteiger partial charge in [0.1, 0.15) is 0 Å². The van der Waals surface area contributed by atoms with Gasteiger partial charge in [-0.15, -0.1) is 0 Å². The summed E-state index contributed by atoms with van der Waals surface area (Å²) < 4.78 is 0. The molecule has 1 aliphatic rings. The molecule has 1 aromatic heterocycles. The van der Waals surface area contributed by atoms with E-state index in [1.165, 1.54) is 4.90 Å². The number of carbonyl (C=O) groups excluding carboxylic acids is 2. The van der Waals surface area contributed by atoms with Gasteiger partial charge in [-0.05, 0) is 54.8 Å². The second kappa shape index (κ2) is 6.75. The summed E-state index contributed by atoms with van der Waals surface area (Å²) in [7, 11) is 0. The first-order valence-electron chi connectivity index (χ1n) is 8.61. The molecule has 0 aliphatic carbocycles. The lowest BCUT2D eigenvalue weighted by Crippen LogP contribution is -2.31. The van der Waals surface area contributed by atoms with E-state index < -0.39 is 17.7 Å². The van der Waals surface area contributed by atoms with Gasteiger partial charge in [0.2, 0.25) is 0 Å². The van der Waals surface area contributed by atoms with Gasteiger partial charge in [-0.3, -0.25) is 19.5 Å². The van der Waals surface area contributed by atoms with Gasteiger partial charge in [-0.25, -0.2) is 0 Å². The summed E-state index contributed by atoms with van der Waals surface area (Å²) in [4.78, 5) is 31.2. The van der Waals surface area contributed by atoms with Crippen LogP contribution in [-0.4, -0.2) is 21.8 Å². The number of anilines is 1. The van der Waals surface area contributed by atoms with E-state index >= 15 is 0 Å². The van der Waals surface area contributed by atoms with Crippen LogP contribution in [0.3, 0.4) is 0 Å². The normalized spacial score (nSPS) is 17.3. The number of nitrogens with zero attached hydrogens (tertiary/aromatic N) is 2. The Balaban J connectivity index is 2.19. The summed E-state index contributed by atoms with van der Waals surface area (Å²) in [6, 6.07) is 8.53. The van der Waals surface area contributed by atoms with Crippen molar-refractivity contribution in [3.63, 3.8) is 0 Å². The van der Waals surface area contributed by atoms with Crippen molar-refractivity contribution in [1.29, 1.82) is 0 Å². The maximum atomic E-state index is 12.9. The Labute approximate surface area is 153 Å². The lowest BCUT2D eigenvalue weighted by Gasteiger charge is -2.27. The molecular weight excluding hydrogens is 328 g/mol. The van der Waals surface area contributed by atoms with Crippen molar-refractivity contribution in [2.24, 2.45) is 5.92 Å². The van der Waals surface area contributed by atoms with E-state index in [2.05, 4.69) is 4.98 Å². The highest BCUT2D eigenvalue weighted by Crippen LogP contribution is 2.41. The van der Waals surface area contributed by atoms with Gasteiger partial charge >= 0.3 is 0 Å². The fourth-order valence-electron chi connectivity index (χ4n) is 3.17. The van der Waals surface area contributed by atoms with Crippen molar-refractivity contribution in [3.05, 3.63) is 70.7 Å². The quantitative estimate of drug-likeness (QED) is 0.910. The third-order valence-electron chi connectivity index (χ3n) is 4.79. The van der Waals surface area contributed by atoms with E-state index in [1.54, 1.807) is 38.4 Å². The first-order valence-corrected chi connectivity index (χ1v) is 8.61. The van der Waals surface area contributed by atoms with Gasteiger partial charge in [0.25, 0.3) is 5.91 Å². The number of aromatic nitrogens is 1. The average Bonchev–Trinajstić information content (AvgIpc) is 2.89. The standard InChI is InChI=1S/C21H22N2O3/c1-12(2)19(24)17-18(15-7-9-22-10-8-15)23(21(26)20(17)25)16-6-5-13(3)14(4)11-16/h5-12,18,25H,1-4H3. The zero-order valence-electron chi connectivity index (χ0n) is 15.4. The molecule has 1 amide bonds. The number of aryl methyl sites for hydroxylation is 2. The van der Waals surface area contributed by atoms with Crippen LogP contribution < -0.4 is 4.90 Å². The number of carbonyl (C=O) groups is 2. The molecule has 0 radical (unpaired) electrons. The Hall–Kier alpha value is -2.95. The zero-order chi connectivity index (χ0) is 19.0. The fourth-order valence-corrected chi connectivity index (χ4v) is 3.17. The topological polar surface area (TPSA) is 70.5 Å². The molecule has 1 N–H and O–H groups in total. The molecule has 0 fully saturated rings. The molecule has 26 heavy (non-hydrogen) atoms. The van der Waals surface area contributed by atoms with Crippen molar-refractivity contribution in [2.45, 2.75) is 33.7 Å². The third kappa shape index (κ3) is 2.90. The Morgan fingerprint density at radius 1 is 1.12 bits per heavy atom. The van der Waals surface area contributed by atoms with Crippen LogP contribution in [0.15, 0.2) is 54.1 Å². The number of hydrogen-bond acceptors (Lipinski definition) is 4. The predicted octanol–water partition coefficient (Wildman–Crippen LogP) is 3.82. The summed E-state index contributed by atoms with van der Waals surface area (Å²) in [6.07, 6.45) is 3.23. The smallest absolute Gasteiger partial charge is 0.294 e. The second-order valence-electron chi connectivity index (χ2n) is 6.91. The van der Waals surface area contributed by atoms with Gasteiger partial charge in [-0.2, -0.15) is 0 Å². The van der Waals surface area contributed by atoms with E-state index in [9.17, 15) is 14.7 Å². The molecule has 0 bridgehead atoms. The molecule has 1 unspecified atom stereocenters. The molecule has 5 nitrogen and oxygen atoms in total. The van der Waals surface area contributed by atoms with Crippen LogP contribution in [0.1, 0.15) is 36.6 Å². The minimum Gasteiger partial charge on any atom is -0.503 e. The number of aliphatic hydroxyl groups excluding tert-OH is 1. The Kier molecular flexibility index (Phi) is 4.64. The lowest BCUT2D eigenvalue weighted by molar-refractivity contribution is -0.119. The van der Waals surface area contributed by atoms with Gasteiger partial charge in [-0.1, -0.05) is 19.9 Å². The Bertz CT molecular complexity index is 901. The Morgan fingerprint density at radius 3 is 2.35 bits per heavy atom. The highest BCUT2D eigenvalue weighted by molar-refractivity contribution is 6.16. The van der Waals surface area contributed by atoms with Crippen LogP contribution in [0.4, 0.5) is 5.69 Å². The number of benzene rings is 1. The highest BCUT2D eigenvalue weighted by Gasteiger charge is 2.44. The number of aliphatic hydroxyl groups is 1. The monoisotopic (exact) mass is 350 g/mol. The number of amides is 1. The SMILES string of the molecule is Cc1ccc(N2C(=O)C(O)=C(C(=O)C(C)C)C2c2ccncc2)cc1C. The molecule has 1 aromatic carbocycles. The molecule has 0 saturated heterocycles. The maximum absolute atomic E-state index is 12.9. The summed E-state index contributed by atoms with van der Waals surface area (Å²) in [6.45, 7) is 7.48. The molecule has 1 atom stereocenters. The second-order valence-corrected chi connectivity index (χ2v) is 6.91. The van der Waals surface area contributed by atoms with Gasteiger partial charge in [0.15, 0.2) is 11.5 Å². The van der Waals surface area contributed by atoms with Crippen molar-refractivity contribution in [2.75, 3.05) is 4.90 Å². The number of hydrogen-bond donors (Lipinski definition) is 1. The minimum atomic E-state index is -0.664. The van der Waals surface area contributed by atoms with Crippen molar-refractivity contribution >= 4 is 17.4 Å². The van der Waals surface area contributed by atoms with Crippen molar-refractivity contribution < 1.29 is 14.7 Å². The molecule has 134 valence electrons. The van der Waals surface area contributed by atoms with E-state index in [-0.39, 0.29) is 17.3 Å². The summed E-state index contributed by atoms with van der Waals surface area (Å²) in [5, 5.41) is 10.5. The number of pyridine rings is 1. The molecule has 1 aliphatic heterocycles. The highest BCUT2D eigenvalue weighted by atomic mass is 16.3. The molecule has 2 heterocycles. The van der Waals surface area contributed by atoms with Crippen LogP contribution in [-0.2, 0) is 9.59 Å². The van der Waals surface area contributed by atoms with Gasteiger partial charge in [0.05, 0.1) is 11.6 Å². The Morgan fingerprint density at radius 2 is 1.77 bits per heavy atom. The predicted molar refractivity (Wildman–Crippen MR) is 99.9 cm³/mol. The zero-order valence-corrected chi connectivity index (χ0v) is 15.4. The van der Waals surface area contributed by atoms with Gasteiger partial charge < -0.3 is 5.11 Å². The number of Topliss-reactive ketones (excluding diaryl/α,β-unsaturated/α-hetero) is 1. The number of ketones is 1. The molecule has 5 heteroatoms. The van der Waals surface area contributed by atoms with Crippen molar-refractivity contribution in [1.82, 2.24) is 4.98 Å². The van der Waals surface area contributed by atoms with Crippen molar-refractivity contribution in [3.8, 4) is 0 Å². The van der Waals surface area contributed by atoms with E-state index in [4.69, 9.17) is 0 Å².